The zero-order valence-corrected chi connectivity index (χ0v) is 9.66. The fourth-order valence-corrected chi connectivity index (χ4v) is 1.59. The van der Waals surface area contributed by atoms with Gasteiger partial charge in [-0.15, -0.1) is 0 Å². The van der Waals surface area contributed by atoms with Crippen molar-refractivity contribution in [1.29, 1.82) is 0 Å². The quantitative estimate of drug-likeness (QED) is 0.815. The minimum Gasteiger partial charge on any atom is -0.322 e. The summed E-state index contributed by atoms with van der Waals surface area (Å²) in [6.07, 6.45) is 0.541. The maximum Gasteiger partial charge on any atom is 0.163 e. The van der Waals surface area contributed by atoms with Crippen LogP contribution < -0.4 is 5.73 Å². The number of nitrogens with two attached hydrogens (primary N) is 1. The van der Waals surface area contributed by atoms with Crippen molar-refractivity contribution >= 4 is 15.9 Å². The second-order valence-electron chi connectivity index (χ2n) is 3.52. The first-order valence-electron chi connectivity index (χ1n) is 4.32. The molecule has 2 N–H and O–H groups in total. The molecule has 0 aromatic heterocycles. The van der Waals surface area contributed by atoms with Gasteiger partial charge < -0.3 is 5.73 Å². The Kier molecular flexibility index (Phi) is 3.27. The molecule has 0 saturated heterocycles. The van der Waals surface area contributed by atoms with E-state index in [1.165, 1.54) is 6.07 Å². The van der Waals surface area contributed by atoms with Crippen LogP contribution in [0.15, 0.2) is 16.6 Å². The molecule has 0 radical (unpaired) electrons. The summed E-state index contributed by atoms with van der Waals surface area (Å²) in [4.78, 5) is 0. The highest BCUT2D eigenvalue weighted by molar-refractivity contribution is 9.10. The van der Waals surface area contributed by atoms with Gasteiger partial charge in [0.1, 0.15) is 0 Å². The molecule has 4 heteroatoms. The molecule has 0 bridgehead atoms. The molecule has 1 atom stereocenters. The molecular weight excluding hydrogens is 252 g/mol. The first kappa shape index (κ1) is 11.6. The molecule has 0 aliphatic rings. The third-order valence-corrected chi connectivity index (χ3v) is 2.80. The van der Waals surface area contributed by atoms with Crippen LogP contribution in [0.4, 0.5) is 8.78 Å². The monoisotopic (exact) mass is 263 g/mol. The molecule has 1 unspecified atom stereocenters. The lowest BCUT2D eigenvalue weighted by molar-refractivity contribution is 0.421. The van der Waals surface area contributed by atoms with Crippen LogP contribution >= 0.6 is 15.9 Å². The number of benzene rings is 1. The van der Waals surface area contributed by atoms with Crippen molar-refractivity contribution in [3.05, 3.63) is 33.8 Å². The lowest BCUT2D eigenvalue weighted by atomic mass is 9.90. The fraction of sp³-hybridized carbons (Fsp3) is 0.400. The summed E-state index contributed by atoms with van der Waals surface area (Å²) in [7, 11) is 0. The molecule has 1 aromatic rings. The fourth-order valence-electron chi connectivity index (χ4n) is 1.16. The zero-order chi connectivity index (χ0) is 10.9. The maximum atomic E-state index is 13.4. The van der Waals surface area contributed by atoms with Gasteiger partial charge in [-0.2, -0.15) is 0 Å². The van der Waals surface area contributed by atoms with Crippen molar-refractivity contribution in [3.8, 4) is 0 Å². The molecule has 0 fully saturated rings. The first-order valence-corrected chi connectivity index (χ1v) is 5.11. The summed E-state index contributed by atoms with van der Waals surface area (Å²) in [6.45, 7) is 3.51. The van der Waals surface area contributed by atoms with Crippen LogP contribution in [0.5, 0.6) is 0 Å². The molecule has 1 rings (SSSR count). The molecule has 0 saturated carbocycles. The van der Waals surface area contributed by atoms with Crippen LogP contribution in [0.3, 0.4) is 0 Å². The van der Waals surface area contributed by atoms with Crippen LogP contribution in [0.1, 0.15) is 25.8 Å². The van der Waals surface area contributed by atoms with Crippen molar-refractivity contribution in [1.82, 2.24) is 0 Å². The molecular formula is C10H12BrF2N. The van der Waals surface area contributed by atoms with Crippen LogP contribution in [-0.2, 0) is 5.54 Å². The van der Waals surface area contributed by atoms with Gasteiger partial charge in [-0.25, -0.2) is 8.78 Å². The molecule has 1 nitrogen and oxygen atoms in total. The Morgan fingerprint density at radius 2 is 2.00 bits per heavy atom. The minimum atomic E-state index is -0.875. The molecule has 0 heterocycles. The molecule has 1 aromatic carbocycles. The number of hydrogen-bond acceptors (Lipinski definition) is 1. The van der Waals surface area contributed by atoms with Gasteiger partial charge in [-0.1, -0.05) is 22.9 Å². The second-order valence-corrected chi connectivity index (χ2v) is 4.44. The van der Waals surface area contributed by atoms with Crippen molar-refractivity contribution < 1.29 is 8.78 Å². The Bertz CT molecular complexity index is 350. The number of rotatable bonds is 2. The standard InChI is InChI=1S/C10H12BrF2N/c1-3-10(2,14)7-4-6(11)5-8(12)9(7)13/h4-5H,3,14H2,1-2H3. The molecule has 78 valence electrons. The Labute approximate surface area is 90.4 Å². The Hall–Kier alpha value is -0.480. The van der Waals surface area contributed by atoms with Gasteiger partial charge in [0.25, 0.3) is 0 Å². The highest BCUT2D eigenvalue weighted by Gasteiger charge is 2.25. The molecule has 0 aliphatic heterocycles. The van der Waals surface area contributed by atoms with Crippen molar-refractivity contribution in [3.63, 3.8) is 0 Å². The number of hydrogen-bond donors (Lipinski definition) is 1. The summed E-state index contributed by atoms with van der Waals surface area (Å²) in [5.74, 6) is -1.74. The minimum absolute atomic E-state index is 0.201. The van der Waals surface area contributed by atoms with E-state index >= 15 is 0 Å². The normalized spacial score (nSPS) is 15.3. The van der Waals surface area contributed by atoms with Gasteiger partial charge >= 0.3 is 0 Å². The van der Waals surface area contributed by atoms with E-state index in [1.54, 1.807) is 6.92 Å². The zero-order valence-electron chi connectivity index (χ0n) is 8.07. The van der Waals surface area contributed by atoms with Crippen LogP contribution in [0, 0.1) is 11.6 Å². The predicted molar refractivity (Wildman–Crippen MR) is 55.9 cm³/mol. The predicted octanol–water partition coefficient (Wildman–Crippen LogP) is 3.31. The largest absolute Gasteiger partial charge is 0.322 e. The highest BCUT2D eigenvalue weighted by Crippen LogP contribution is 2.28. The third kappa shape index (κ3) is 2.12. The van der Waals surface area contributed by atoms with E-state index in [-0.39, 0.29) is 5.56 Å². The Morgan fingerprint density at radius 3 is 2.50 bits per heavy atom. The van der Waals surface area contributed by atoms with E-state index in [0.29, 0.717) is 10.9 Å². The van der Waals surface area contributed by atoms with Gasteiger partial charge in [0.2, 0.25) is 0 Å². The summed E-state index contributed by atoms with van der Waals surface area (Å²) < 4.78 is 26.9. The first-order chi connectivity index (χ1) is 6.38. The lowest BCUT2D eigenvalue weighted by Gasteiger charge is -2.24. The van der Waals surface area contributed by atoms with E-state index in [0.717, 1.165) is 6.07 Å². The lowest BCUT2D eigenvalue weighted by Crippen LogP contribution is -2.33. The summed E-state index contributed by atoms with van der Waals surface area (Å²) in [5.41, 5.74) is 5.21. The summed E-state index contributed by atoms with van der Waals surface area (Å²) in [5, 5.41) is 0. The number of halogens is 3. The molecule has 0 spiro atoms. The van der Waals surface area contributed by atoms with Crippen molar-refractivity contribution in [2.24, 2.45) is 5.73 Å². The summed E-state index contributed by atoms with van der Waals surface area (Å²) >= 11 is 3.11. The SMILES string of the molecule is CCC(C)(N)c1cc(Br)cc(F)c1F. The van der Waals surface area contributed by atoms with Crippen LogP contribution in [-0.4, -0.2) is 0 Å². The second kappa shape index (κ2) is 3.95. The third-order valence-electron chi connectivity index (χ3n) is 2.34. The van der Waals surface area contributed by atoms with E-state index in [9.17, 15) is 8.78 Å². The average Bonchev–Trinajstić information content (AvgIpc) is 2.11. The van der Waals surface area contributed by atoms with E-state index < -0.39 is 17.2 Å². The van der Waals surface area contributed by atoms with Gasteiger partial charge in [-0.3, -0.25) is 0 Å². The van der Waals surface area contributed by atoms with Crippen molar-refractivity contribution in [2.45, 2.75) is 25.8 Å². The van der Waals surface area contributed by atoms with Gasteiger partial charge in [-0.05, 0) is 25.5 Å². The smallest absolute Gasteiger partial charge is 0.163 e. The van der Waals surface area contributed by atoms with E-state index in [1.807, 2.05) is 6.92 Å². The molecule has 0 aliphatic carbocycles. The van der Waals surface area contributed by atoms with Crippen LogP contribution in [0.2, 0.25) is 0 Å². The maximum absolute atomic E-state index is 13.4. The molecule has 0 amide bonds. The molecule has 14 heavy (non-hydrogen) atoms. The van der Waals surface area contributed by atoms with E-state index in [4.69, 9.17) is 5.73 Å². The Balaban J connectivity index is 3.34. The highest BCUT2D eigenvalue weighted by atomic mass is 79.9. The van der Waals surface area contributed by atoms with Crippen molar-refractivity contribution in [2.75, 3.05) is 0 Å². The van der Waals surface area contributed by atoms with Gasteiger partial charge in [0, 0.05) is 15.6 Å². The van der Waals surface area contributed by atoms with Gasteiger partial charge in [0.05, 0.1) is 0 Å². The topological polar surface area (TPSA) is 26.0 Å². The van der Waals surface area contributed by atoms with Gasteiger partial charge in [0.15, 0.2) is 11.6 Å². The summed E-state index contributed by atoms with van der Waals surface area (Å²) in [6, 6.07) is 2.60. The average molecular weight is 264 g/mol. The van der Waals surface area contributed by atoms with E-state index in [2.05, 4.69) is 15.9 Å². The Morgan fingerprint density at radius 1 is 1.43 bits per heavy atom. The van der Waals surface area contributed by atoms with Crippen LogP contribution in [0.25, 0.3) is 0 Å².